The van der Waals surface area contributed by atoms with E-state index in [0.29, 0.717) is 24.8 Å². The largest absolute Gasteiger partial charge is 0.481 e. The summed E-state index contributed by atoms with van der Waals surface area (Å²) < 4.78 is 5.03. The van der Waals surface area contributed by atoms with Gasteiger partial charge in [-0.2, -0.15) is 0 Å². The summed E-state index contributed by atoms with van der Waals surface area (Å²) in [5.74, 6) is -0.369. The molecule has 0 aromatic carbocycles. The smallest absolute Gasteiger partial charge is 0.323 e. The lowest BCUT2D eigenvalue weighted by atomic mass is 10.1. The van der Waals surface area contributed by atoms with Crippen molar-refractivity contribution in [3.8, 4) is 0 Å². The Hall–Kier alpha value is -2.22. The third-order valence-electron chi connectivity index (χ3n) is 2.67. The van der Waals surface area contributed by atoms with Crippen LogP contribution in [0.25, 0.3) is 0 Å². The van der Waals surface area contributed by atoms with Gasteiger partial charge in [-0.15, -0.1) is 0 Å². The van der Waals surface area contributed by atoms with Crippen molar-refractivity contribution in [1.82, 2.24) is 9.97 Å². The highest BCUT2D eigenvalue weighted by Crippen LogP contribution is 2.18. The summed E-state index contributed by atoms with van der Waals surface area (Å²) in [6, 6.07) is 0. The van der Waals surface area contributed by atoms with Gasteiger partial charge in [-0.1, -0.05) is 13.3 Å². The lowest BCUT2D eigenvalue weighted by Crippen LogP contribution is -2.34. The fraction of sp³-hybridized carbons (Fsp3) is 0.600. The molecule has 0 aliphatic rings. The Morgan fingerprint density at radius 3 is 2.43 bits per heavy atom. The van der Waals surface area contributed by atoms with Gasteiger partial charge in [0.25, 0.3) is 5.97 Å². The van der Waals surface area contributed by atoms with Crippen LogP contribution in [0.2, 0.25) is 0 Å². The Morgan fingerprint density at radius 1 is 1.35 bits per heavy atom. The molecule has 0 spiro atoms. The monoisotopic (exact) mass is 327 g/mol. The lowest BCUT2D eigenvalue weighted by molar-refractivity contribution is -0.136. The van der Waals surface area contributed by atoms with Crippen LogP contribution in [0.15, 0.2) is 6.20 Å². The van der Waals surface area contributed by atoms with E-state index in [9.17, 15) is 4.79 Å². The second-order valence-corrected chi connectivity index (χ2v) is 4.84. The molecule has 0 radical (unpaired) electrons. The highest BCUT2D eigenvalue weighted by molar-refractivity contribution is 5.73. The zero-order valence-electron chi connectivity index (χ0n) is 14.1. The van der Waals surface area contributed by atoms with E-state index in [4.69, 9.17) is 19.7 Å². The number of hydrogen-bond acceptors (Lipinski definition) is 6. The summed E-state index contributed by atoms with van der Waals surface area (Å²) in [5, 5.41) is 16.4. The number of aromatic nitrogens is 2. The number of methoxy groups -OCH3 is 1. The van der Waals surface area contributed by atoms with Crippen LogP contribution >= 0.6 is 0 Å². The second kappa shape index (κ2) is 11.4. The van der Waals surface area contributed by atoms with E-state index in [1.54, 1.807) is 25.1 Å². The van der Waals surface area contributed by atoms with Crippen molar-refractivity contribution in [2.45, 2.75) is 33.6 Å². The Morgan fingerprint density at radius 2 is 1.96 bits per heavy atom. The Labute approximate surface area is 136 Å². The lowest BCUT2D eigenvalue weighted by Gasteiger charge is -2.24. The molecule has 0 aliphatic heterocycles. The molecular weight excluding hydrogens is 302 g/mol. The number of anilines is 1. The molecule has 0 aliphatic carbocycles. The van der Waals surface area contributed by atoms with Crippen LogP contribution in [0, 0.1) is 6.92 Å². The second-order valence-electron chi connectivity index (χ2n) is 4.84. The number of hydrogen-bond donors (Lipinski definition) is 2. The molecule has 0 amide bonds. The van der Waals surface area contributed by atoms with Gasteiger partial charge in [0.05, 0.1) is 6.61 Å². The average molecular weight is 327 g/mol. The summed E-state index contributed by atoms with van der Waals surface area (Å²) in [4.78, 5) is 30.3. The number of rotatable bonds is 8. The van der Waals surface area contributed by atoms with Crippen LogP contribution in [0.3, 0.4) is 0 Å². The third kappa shape index (κ3) is 9.41. The first kappa shape index (κ1) is 20.8. The van der Waals surface area contributed by atoms with Gasteiger partial charge in [-0.25, -0.2) is 9.97 Å². The van der Waals surface area contributed by atoms with Crippen LogP contribution in [0.5, 0.6) is 0 Å². The van der Waals surface area contributed by atoms with Crippen molar-refractivity contribution in [3.05, 3.63) is 17.6 Å². The third-order valence-corrected chi connectivity index (χ3v) is 2.67. The maximum Gasteiger partial charge on any atom is 0.323 e. The minimum atomic E-state index is -0.880. The molecular formula is C15H25N3O5. The number of carboxylic acids is 2. The fourth-order valence-electron chi connectivity index (χ4n) is 1.83. The van der Waals surface area contributed by atoms with Gasteiger partial charge in [0.2, 0.25) is 0 Å². The average Bonchev–Trinajstić information content (AvgIpc) is 2.44. The van der Waals surface area contributed by atoms with E-state index in [1.807, 2.05) is 0 Å². The molecule has 1 rings (SSSR count). The Kier molecular flexibility index (Phi) is 10.3. The molecule has 0 unspecified atom stereocenters. The standard InChI is InChI=1S/C13H21N3O3.C2H4O2/c1-4-5-11-8-14-10(2)15-13(11)16(6-7-19-3)9-12(17)18;1-2(3)4/h8H,4-7,9H2,1-3H3,(H,17,18);1H3,(H,3,4). The van der Waals surface area contributed by atoms with Gasteiger partial charge in [0, 0.05) is 32.3 Å². The topological polar surface area (TPSA) is 113 Å². The highest BCUT2D eigenvalue weighted by Gasteiger charge is 2.16. The van der Waals surface area contributed by atoms with E-state index < -0.39 is 11.9 Å². The van der Waals surface area contributed by atoms with Crippen molar-refractivity contribution >= 4 is 17.8 Å². The Balaban J connectivity index is 0.00000108. The van der Waals surface area contributed by atoms with Crippen molar-refractivity contribution in [2.75, 3.05) is 31.7 Å². The Bertz CT molecular complexity index is 504. The minimum absolute atomic E-state index is 0.0868. The van der Waals surface area contributed by atoms with Gasteiger partial charge in [-0.3, -0.25) is 9.59 Å². The van der Waals surface area contributed by atoms with Crippen molar-refractivity contribution in [2.24, 2.45) is 0 Å². The molecule has 1 aromatic rings. The molecule has 8 heteroatoms. The van der Waals surface area contributed by atoms with E-state index in [-0.39, 0.29) is 6.54 Å². The number of nitrogens with zero attached hydrogens (tertiary/aromatic N) is 3. The molecule has 1 heterocycles. The van der Waals surface area contributed by atoms with Crippen LogP contribution in [-0.4, -0.2) is 58.9 Å². The number of aliphatic carboxylic acids is 2. The normalized spacial score (nSPS) is 9.74. The molecule has 0 atom stereocenters. The first-order chi connectivity index (χ1) is 10.8. The summed E-state index contributed by atoms with van der Waals surface area (Å²) >= 11 is 0. The first-order valence-electron chi connectivity index (χ1n) is 7.29. The molecule has 1 aromatic heterocycles. The summed E-state index contributed by atoms with van der Waals surface area (Å²) in [7, 11) is 1.59. The van der Waals surface area contributed by atoms with Crippen LogP contribution in [0.1, 0.15) is 31.7 Å². The number of carboxylic acid groups (broad SMARTS) is 2. The van der Waals surface area contributed by atoms with Gasteiger partial charge in [-0.05, 0) is 13.3 Å². The maximum atomic E-state index is 11.0. The molecule has 2 N–H and O–H groups in total. The van der Waals surface area contributed by atoms with E-state index in [2.05, 4.69) is 16.9 Å². The molecule has 0 bridgehead atoms. The number of carbonyl (C=O) groups is 2. The predicted molar refractivity (Wildman–Crippen MR) is 85.8 cm³/mol. The van der Waals surface area contributed by atoms with Gasteiger partial charge in [0.15, 0.2) is 0 Å². The number of ether oxygens (including phenoxy) is 1. The summed E-state index contributed by atoms with van der Waals surface area (Å²) in [6.07, 6.45) is 3.58. The molecule has 0 saturated heterocycles. The summed E-state index contributed by atoms with van der Waals surface area (Å²) in [6.45, 7) is 5.82. The van der Waals surface area contributed by atoms with Crippen LogP contribution in [0.4, 0.5) is 5.82 Å². The SMILES string of the molecule is CC(=O)O.CCCc1cnc(C)nc1N(CCOC)CC(=O)O. The first-order valence-corrected chi connectivity index (χ1v) is 7.29. The van der Waals surface area contributed by atoms with Crippen molar-refractivity contribution < 1.29 is 24.5 Å². The minimum Gasteiger partial charge on any atom is -0.481 e. The number of aryl methyl sites for hydroxylation is 2. The van der Waals surface area contributed by atoms with E-state index >= 15 is 0 Å². The molecule has 8 nitrogen and oxygen atoms in total. The maximum absolute atomic E-state index is 11.0. The summed E-state index contributed by atoms with van der Waals surface area (Å²) in [5.41, 5.74) is 0.977. The van der Waals surface area contributed by atoms with Gasteiger partial charge < -0.3 is 19.8 Å². The molecule has 0 fully saturated rings. The fourth-order valence-corrected chi connectivity index (χ4v) is 1.83. The van der Waals surface area contributed by atoms with Gasteiger partial charge in [0.1, 0.15) is 18.2 Å². The van der Waals surface area contributed by atoms with E-state index in [1.165, 1.54) is 0 Å². The zero-order chi connectivity index (χ0) is 17.8. The molecule has 23 heavy (non-hydrogen) atoms. The highest BCUT2D eigenvalue weighted by atomic mass is 16.5. The van der Waals surface area contributed by atoms with Gasteiger partial charge >= 0.3 is 5.97 Å². The predicted octanol–water partition coefficient (Wildman–Crippen LogP) is 1.37. The molecule has 130 valence electrons. The van der Waals surface area contributed by atoms with Crippen LogP contribution < -0.4 is 4.90 Å². The van der Waals surface area contributed by atoms with Crippen molar-refractivity contribution in [3.63, 3.8) is 0 Å². The van der Waals surface area contributed by atoms with E-state index in [0.717, 1.165) is 25.3 Å². The molecule has 0 saturated carbocycles. The van der Waals surface area contributed by atoms with Crippen molar-refractivity contribution in [1.29, 1.82) is 0 Å². The van der Waals surface area contributed by atoms with Crippen LogP contribution in [-0.2, 0) is 20.7 Å². The quantitative estimate of drug-likeness (QED) is 0.736. The zero-order valence-corrected chi connectivity index (χ0v) is 14.1.